The lowest BCUT2D eigenvalue weighted by Crippen LogP contribution is -2.45. The van der Waals surface area contributed by atoms with Gasteiger partial charge < -0.3 is 0 Å². The summed E-state index contributed by atoms with van der Waals surface area (Å²) in [4.78, 5) is 14.7. The van der Waals surface area contributed by atoms with Gasteiger partial charge in [0.1, 0.15) is 0 Å². The lowest BCUT2D eigenvalue weighted by Gasteiger charge is -2.40. The standard InChI is InChI=1S/C19H26N2O3S2/c22-18-15-25-19(11-3-1-4-12-19)21(18)16-7-9-17(10-8-16)26(23,24)20-13-5-2-6-14-20/h7-10H,1-6,11-15H2. The predicted molar refractivity (Wildman–Crippen MR) is 105 cm³/mol. The van der Waals surface area contributed by atoms with Gasteiger partial charge in [-0.15, -0.1) is 11.8 Å². The highest BCUT2D eigenvalue weighted by Gasteiger charge is 2.47. The van der Waals surface area contributed by atoms with Crippen LogP contribution in [0, 0.1) is 0 Å². The molecule has 5 nitrogen and oxygen atoms in total. The first kappa shape index (κ1) is 18.3. The Morgan fingerprint density at radius 1 is 0.885 bits per heavy atom. The number of hydrogen-bond donors (Lipinski definition) is 0. The van der Waals surface area contributed by atoms with E-state index in [2.05, 4.69) is 0 Å². The summed E-state index contributed by atoms with van der Waals surface area (Å²) in [5.41, 5.74) is 0.833. The molecule has 7 heteroatoms. The number of benzene rings is 1. The SMILES string of the molecule is O=C1CSC2(CCCCC2)N1c1ccc(S(=O)(=O)N2CCCCC2)cc1. The molecule has 26 heavy (non-hydrogen) atoms. The Morgan fingerprint density at radius 2 is 1.50 bits per heavy atom. The number of rotatable bonds is 3. The van der Waals surface area contributed by atoms with Gasteiger partial charge in [0.05, 0.1) is 15.5 Å². The molecule has 0 atom stereocenters. The molecule has 1 aliphatic carbocycles. The second-order valence-corrected chi connectivity index (χ2v) is 10.8. The number of hydrogen-bond acceptors (Lipinski definition) is 4. The fourth-order valence-corrected chi connectivity index (χ4v) is 7.38. The summed E-state index contributed by atoms with van der Waals surface area (Å²) in [5.74, 6) is 0.664. The summed E-state index contributed by atoms with van der Waals surface area (Å²) in [5, 5.41) is 0. The molecule has 1 spiro atoms. The maximum atomic E-state index is 12.8. The highest BCUT2D eigenvalue weighted by molar-refractivity contribution is 8.02. The molecule has 0 radical (unpaired) electrons. The molecule has 0 N–H and O–H groups in total. The van der Waals surface area contributed by atoms with Gasteiger partial charge >= 0.3 is 0 Å². The van der Waals surface area contributed by atoms with Gasteiger partial charge in [-0.3, -0.25) is 9.69 Å². The van der Waals surface area contributed by atoms with Gasteiger partial charge in [-0.05, 0) is 49.9 Å². The van der Waals surface area contributed by atoms with Crippen molar-refractivity contribution in [1.29, 1.82) is 0 Å². The largest absolute Gasteiger partial charge is 0.297 e. The lowest BCUT2D eigenvalue weighted by molar-refractivity contribution is -0.116. The molecule has 3 aliphatic rings. The van der Waals surface area contributed by atoms with E-state index in [1.807, 2.05) is 17.0 Å². The second kappa shape index (κ2) is 7.17. The fraction of sp³-hybridized carbons (Fsp3) is 0.632. The molecule has 2 aliphatic heterocycles. The second-order valence-electron chi connectivity index (χ2n) is 7.48. The zero-order chi connectivity index (χ0) is 18.2. The van der Waals surface area contributed by atoms with Crippen LogP contribution in [0.5, 0.6) is 0 Å². The Hall–Kier alpha value is -1.05. The smallest absolute Gasteiger partial charge is 0.243 e. The number of nitrogens with zero attached hydrogens (tertiary/aromatic N) is 2. The van der Waals surface area contributed by atoms with Crippen LogP contribution in [-0.4, -0.2) is 42.3 Å². The molecular weight excluding hydrogens is 368 g/mol. The highest BCUT2D eigenvalue weighted by atomic mass is 32.2. The van der Waals surface area contributed by atoms with Crippen LogP contribution in [0.25, 0.3) is 0 Å². The maximum absolute atomic E-state index is 12.8. The van der Waals surface area contributed by atoms with Gasteiger partial charge in [0.25, 0.3) is 0 Å². The van der Waals surface area contributed by atoms with Gasteiger partial charge in [0.15, 0.2) is 0 Å². The van der Waals surface area contributed by atoms with E-state index in [1.165, 1.54) is 6.42 Å². The van der Waals surface area contributed by atoms with Crippen LogP contribution in [-0.2, 0) is 14.8 Å². The molecule has 0 unspecified atom stereocenters. The minimum atomic E-state index is -3.42. The molecule has 1 aromatic rings. The Labute approximate surface area is 160 Å². The van der Waals surface area contributed by atoms with Crippen LogP contribution in [0.1, 0.15) is 51.4 Å². The molecule has 2 heterocycles. The molecule has 1 saturated carbocycles. The molecule has 4 rings (SSSR count). The Morgan fingerprint density at radius 3 is 2.15 bits per heavy atom. The average Bonchev–Trinajstić information content (AvgIpc) is 2.99. The van der Waals surface area contributed by atoms with Crippen molar-refractivity contribution in [2.24, 2.45) is 0 Å². The quantitative estimate of drug-likeness (QED) is 0.786. The molecule has 3 fully saturated rings. The molecule has 1 aromatic carbocycles. The van der Waals surface area contributed by atoms with Crippen molar-refractivity contribution < 1.29 is 13.2 Å². The first-order valence-corrected chi connectivity index (χ1v) is 12.0. The van der Waals surface area contributed by atoms with Gasteiger partial charge in [0.2, 0.25) is 15.9 Å². The molecule has 1 amide bonds. The summed E-state index contributed by atoms with van der Waals surface area (Å²) in [6.07, 6.45) is 8.54. The first-order valence-electron chi connectivity index (χ1n) is 9.60. The van der Waals surface area contributed by atoms with Crippen LogP contribution in [0.2, 0.25) is 0 Å². The first-order chi connectivity index (χ1) is 12.5. The number of sulfonamides is 1. The van der Waals surface area contributed by atoms with Crippen LogP contribution in [0.3, 0.4) is 0 Å². The number of carbonyl (C=O) groups excluding carboxylic acids is 1. The van der Waals surface area contributed by atoms with Crippen LogP contribution in [0.4, 0.5) is 5.69 Å². The Bertz CT molecular complexity index is 764. The Balaban J connectivity index is 1.60. The maximum Gasteiger partial charge on any atom is 0.243 e. The third kappa shape index (κ3) is 3.18. The Kier molecular flexibility index (Phi) is 5.05. The fourth-order valence-electron chi connectivity index (χ4n) is 4.43. The van der Waals surface area contributed by atoms with Crippen molar-refractivity contribution in [3.8, 4) is 0 Å². The predicted octanol–water partition coefficient (Wildman–Crippen LogP) is 3.60. The minimum Gasteiger partial charge on any atom is -0.297 e. The summed E-state index contributed by atoms with van der Waals surface area (Å²) in [6.45, 7) is 1.21. The third-order valence-electron chi connectivity index (χ3n) is 5.80. The average molecular weight is 395 g/mol. The van der Waals surface area contributed by atoms with E-state index in [9.17, 15) is 13.2 Å². The molecule has 0 bridgehead atoms. The van der Waals surface area contributed by atoms with Crippen molar-refractivity contribution in [2.45, 2.75) is 61.1 Å². The zero-order valence-corrected chi connectivity index (χ0v) is 16.7. The third-order valence-corrected chi connectivity index (χ3v) is 9.24. The van der Waals surface area contributed by atoms with Crippen LogP contribution >= 0.6 is 11.8 Å². The molecular formula is C19H26N2O3S2. The van der Waals surface area contributed by atoms with Crippen molar-refractivity contribution in [1.82, 2.24) is 4.31 Å². The van der Waals surface area contributed by atoms with Gasteiger partial charge in [-0.1, -0.05) is 25.7 Å². The number of piperidine rings is 1. The molecule has 142 valence electrons. The van der Waals surface area contributed by atoms with E-state index in [-0.39, 0.29) is 10.8 Å². The van der Waals surface area contributed by atoms with E-state index >= 15 is 0 Å². The van der Waals surface area contributed by atoms with Crippen molar-refractivity contribution in [2.75, 3.05) is 23.7 Å². The lowest BCUT2D eigenvalue weighted by atomic mass is 9.93. The van der Waals surface area contributed by atoms with E-state index in [1.54, 1.807) is 28.2 Å². The van der Waals surface area contributed by atoms with Crippen molar-refractivity contribution in [3.05, 3.63) is 24.3 Å². The number of anilines is 1. The summed E-state index contributed by atoms with van der Waals surface area (Å²) in [7, 11) is -3.42. The van der Waals surface area contributed by atoms with E-state index in [0.717, 1.165) is 50.6 Å². The van der Waals surface area contributed by atoms with Crippen LogP contribution < -0.4 is 4.90 Å². The minimum absolute atomic E-state index is 0.122. The highest BCUT2D eigenvalue weighted by Crippen LogP contribution is 2.49. The summed E-state index contributed by atoms with van der Waals surface area (Å²) >= 11 is 1.76. The van der Waals surface area contributed by atoms with E-state index in [4.69, 9.17) is 0 Å². The van der Waals surface area contributed by atoms with Crippen molar-refractivity contribution in [3.63, 3.8) is 0 Å². The zero-order valence-electron chi connectivity index (χ0n) is 15.0. The summed E-state index contributed by atoms with van der Waals surface area (Å²) in [6, 6.07) is 6.98. The summed E-state index contributed by atoms with van der Waals surface area (Å²) < 4.78 is 27.2. The van der Waals surface area contributed by atoms with Gasteiger partial charge in [-0.25, -0.2) is 8.42 Å². The molecule has 2 saturated heterocycles. The topological polar surface area (TPSA) is 57.7 Å². The van der Waals surface area contributed by atoms with Crippen LogP contribution in [0.15, 0.2) is 29.2 Å². The van der Waals surface area contributed by atoms with Crippen molar-refractivity contribution >= 4 is 33.4 Å². The van der Waals surface area contributed by atoms with Gasteiger partial charge in [-0.2, -0.15) is 4.31 Å². The van der Waals surface area contributed by atoms with Gasteiger partial charge in [0, 0.05) is 18.8 Å². The number of carbonyl (C=O) groups is 1. The number of amides is 1. The van der Waals surface area contributed by atoms with E-state index in [0.29, 0.717) is 23.7 Å². The number of thioether (sulfide) groups is 1. The monoisotopic (exact) mass is 394 g/mol. The van der Waals surface area contributed by atoms with E-state index < -0.39 is 10.0 Å². The normalized spacial score (nSPS) is 24.3. The molecule has 0 aromatic heterocycles.